The summed E-state index contributed by atoms with van der Waals surface area (Å²) in [5, 5.41) is 1.12. The van der Waals surface area contributed by atoms with Crippen LogP contribution in [-0.2, 0) is 0 Å². The number of rotatable bonds is 3. The molecule has 2 N–H and O–H groups in total. The van der Waals surface area contributed by atoms with Crippen LogP contribution in [0.25, 0.3) is 0 Å². The minimum absolute atomic E-state index is 0.0472. The van der Waals surface area contributed by atoms with Crippen LogP contribution < -0.4 is 5.73 Å². The van der Waals surface area contributed by atoms with Gasteiger partial charge in [0.25, 0.3) is 0 Å². The molecule has 1 aromatic carbocycles. The summed E-state index contributed by atoms with van der Waals surface area (Å²) in [5.74, 6) is 0. The van der Waals surface area contributed by atoms with Crippen LogP contribution in [0.1, 0.15) is 18.7 Å². The lowest BCUT2D eigenvalue weighted by atomic mass is 10.2. The molecule has 94 valence electrons. The highest BCUT2D eigenvalue weighted by Gasteiger charge is 2.04. The van der Waals surface area contributed by atoms with Crippen molar-refractivity contribution >= 4 is 35.0 Å². The number of hydrogen-bond donors (Lipinski definition) is 1. The molecular weight excluding hydrogens is 287 g/mol. The van der Waals surface area contributed by atoms with Gasteiger partial charge in [0.1, 0.15) is 0 Å². The first kappa shape index (κ1) is 13.7. The van der Waals surface area contributed by atoms with Gasteiger partial charge in [0.15, 0.2) is 0 Å². The van der Waals surface area contributed by atoms with E-state index in [0.29, 0.717) is 10.0 Å². The lowest BCUT2D eigenvalue weighted by Gasteiger charge is -2.06. The van der Waals surface area contributed by atoms with Crippen LogP contribution in [0.5, 0.6) is 0 Å². The van der Waals surface area contributed by atoms with Crippen molar-refractivity contribution in [3.8, 4) is 0 Å². The second kappa shape index (κ2) is 5.93. The molecule has 1 atom stereocenters. The molecule has 0 aliphatic rings. The Hall–Kier alpha value is -0.740. The Morgan fingerprint density at radius 2 is 1.83 bits per heavy atom. The quantitative estimate of drug-likeness (QED) is 0.903. The van der Waals surface area contributed by atoms with E-state index >= 15 is 0 Å². The first-order valence-electron chi connectivity index (χ1n) is 5.40. The summed E-state index contributed by atoms with van der Waals surface area (Å²) in [6.07, 6.45) is 1.81. The lowest BCUT2D eigenvalue weighted by molar-refractivity contribution is 0.777. The van der Waals surface area contributed by atoms with Gasteiger partial charge in [-0.25, -0.2) is 0 Å². The zero-order valence-corrected chi connectivity index (χ0v) is 12.1. The zero-order chi connectivity index (χ0) is 13.1. The van der Waals surface area contributed by atoms with Gasteiger partial charge in [0.05, 0.1) is 15.7 Å². The lowest BCUT2D eigenvalue weighted by Crippen LogP contribution is -2.06. The van der Waals surface area contributed by atoms with Gasteiger partial charge in [-0.15, -0.1) is 0 Å². The monoisotopic (exact) mass is 298 g/mol. The van der Waals surface area contributed by atoms with Crippen LogP contribution in [0.15, 0.2) is 46.3 Å². The number of pyridine rings is 1. The second-order valence-corrected chi connectivity index (χ2v) is 5.85. The second-order valence-electron chi connectivity index (χ2n) is 3.89. The molecule has 2 aromatic rings. The summed E-state index contributed by atoms with van der Waals surface area (Å²) < 4.78 is 0. The first-order chi connectivity index (χ1) is 8.56. The molecule has 0 amide bonds. The normalized spacial score (nSPS) is 12.4. The number of aromatic nitrogens is 1. The summed E-state index contributed by atoms with van der Waals surface area (Å²) >= 11 is 13.4. The van der Waals surface area contributed by atoms with Crippen LogP contribution in [0, 0.1) is 0 Å². The summed E-state index contributed by atoms with van der Waals surface area (Å²) in [6, 6.07) is 9.44. The van der Waals surface area contributed by atoms with E-state index in [-0.39, 0.29) is 6.04 Å². The summed E-state index contributed by atoms with van der Waals surface area (Å²) in [4.78, 5) is 6.38. The zero-order valence-electron chi connectivity index (χ0n) is 9.73. The topological polar surface area (TPSA) is 38.9 Å². The fraction of sp³-hybridized carbons (Fsp3) is 0.154. The van der Waals surface area contributed by atoms with Gasteiger partial charge >= 0.3 is 0 Å². The number of hydrogen-bond acceptors (Lipinski definition) is 3. The van der Waals surface area contributed by atoms with E-state index < -0.39 is 0 Å². The molecule has 0 aliphatic carbocycles. The molecule has 0 fully saturated rings. The third-order valence-corrected chi connectivity index (χ3v) is 4.06. The summed E-state index contributed by atoms with van der Waals surface area (Å²) in [5.41, 5.74) is 6.63. The van der Waals surface area contributed by atoms with Crippen molar-refractivity contribution in [2.24, 2.45) is 5.73 Å². The Labute approximate surface area is 121 Å². The number of nitrogens with two attached hydrogens (primary N) is 1. The third-order valence-electron chi connectivity index (χ3n) is 2.35. The Kier molecular flexibility index (Phi) is 4.51. The fourth-order valence-corrected chi connectivity index (χ4v) is 2.59. The van der Waals surface area contributed by atoms with E-state index in [9.17, 15) is 0 Å². The first-order valence-corrected chi connectivity index (χ1v) is 6.98. The van der Waals surface area contributed by atoms with E-state index in [1.54, 1.807) is 17.8 Å². The maximum atomic E-state index is 5.97. The molecule has 0 bridgehead atoms. The number of nitrogens with zero attached hydrogens (tertiary/aromatic N) is 1. The highest BCUT2D eigenvalue weighted by molar-refractivity contribution is 7.99. The molecule has 18 heavy (non-hydrogen) atoms. The molecule has 0 saturated heterocycles. The van der Waals surface area contributed by atoms with Gasteiger partial charge in [-0.2, -0.15) is 0 Å². The van der Waals surface area contributed by atoms with Crippen LogP contribution in [0.2, 0.25) is 10.0 Å². The van der Waals surface area contributed by atoms with Gasteiger partial charge in [0.2, 0.25) is 0 Å². The van der Waals surface area contributed by atoms with Crippen molar-refractivity contribution in [1.29, 1.82) is 0 Å². The van der Waals surface area contributed by atoms with Gasteiger partial charge in [0, 0.05) is 22.0 Å². The number of halogens is 2. The molecule has 0 saturated carbocycles. The predicted molar refractivity (Wildman–Crippen MR) is 77.4 cm³/mol. The molecular formula is C13H12Cl2N2S. The van der Waals surface area contributed by atoms with Crippen LogP contribution in [0.4, 0.5) is 0 Å². The summed E-state index contributed by atoms with van der Waals surface area (Å²) in [7, 11) is 0. The molecule has 1 aromatic heterocycles. The largest absolute Gasteiger partial charge is 0.323 e. The van der Waals surface area contributed by atoms with Crippen molar-refractivity contribution in [3.63, 3.8) is 0 Å². The van der Waals surface area contributed by atoms with Crippen molar-refractivity contribution in [1.82, 2.24) is 4.98 Å². The van der Waals surface area contributed by atoms with Crippen LogP contribution in [-0.4, -0.2) is 4.98 Å². The highest BCUT2D eigenvalue weighted by atomic mass is 35.5. The molecule has 5 heteroatoms. The minimum atomic E-state index is -0.0472. The molecule has 0 radical (unpaired) electrons. The standard InChI is InChI=1S/C13H12Cl2N2S/c1-8(16)13-5-3-10(7-17-13)18-9-2-4-11(14)12(15)6-9/h2-8H,16H2,1H3/t8-/m1/s1. The molecule has 0 aliphatic heterocycles. The average Bonchev–Trinajstić information content (AvgIpc) is 2.34. The van der Waals surface area contributed by atoms with Crippen molar-refractivity contribution in [2.75, 3.05) is 0 Å². The Morgan fingerprint density at radius 3 is 2.39 bits per heavy atom. The molecule has 0 unspecified atom stereocenters. The summed E-state index contributed by atoms with van der Waals surface area (Å²) in [6.45, 7) is 1.91. The van der Waals surface area contributed by atoms with E-state index in [0.717, 1.165) is 15.5 Å². The Balaban J connectivity index is 2.15. The smallest absolute Gasteiger partial charge is 0.0603 e. The fourth-order valence-electron chi connectivity index (χ4n) is 1.40. The Morgan fingerprint density at radius 1 is 1.11 bits per heavy atom. The van der Waals surface area contributed by atoms with Crippen LogP contribution in [0.3, 0.4) is 0 Å². The van der Waals surface area contributed by atoms with Gasteiger partial charge in [-0.05, 0) is 37.3 Å². The molecule has 2 nitrogen and oxygen atoms in total. The van der Waals surface area contributed by atoms with E-state index in [1.165, 1.54) is 0 Å². The molecule has 1 heterocycles. The van der Waals surface area contributed by atoms with Gasteiger partial charge in [-0.1, -0.05) is 35.0 Å². The van der Waals surface area contributed by atoms with Crippen molar-refractivity contribution < 1.29 is 0 Å². The van der Waals surface area contributed by atoms with E-state index in [2.05, 4.69) is 4.98 Å². The van der Waals surface area contributed by atoms with Crippen LogP contribution >= 0.6 is 35.0 Å². The maximum Gasteiger partial charge on any atom is 0.0603 e. The van der Waals surface area contributed by atoms with E-state index in [1.807, 2.05) is 37.4 Å². The average molecular weight is 299 g/mol. The van der Waals surface area contributed by atoms with E-state index in [4.69, 9.17) is 28.9 Å². The molecule has 0 spiro atoms. The highest BCUT2D eigenvalue weighted by Crippen LogP contribution is 2.32. The maximum absolute atomic E-state index is 5.97. The van der Waals surface area contributed by atoms with Crippen molar-refractivity contribution in [2.45, 2.75) is 22.8 Å². The Bertz CT molecular complexity index is 541. The number of benzene rings is 1. The van der Waals surface area contributed by atoms with Gasteiger partial charge < -0.3 is 5.73 Å². The minimum Gasteiger partial charge on any atom is -0.323 e. The molecule has 2 rings (SSSR count). The SMILES string of the molecule is C[C@@H](N)c1ccc(Sc2ccc(Cl)c(Cl)c2)cn1. The van der Waals surface area contributed by atoms with Crippen molar-refractivity contribution in [3.05, 3.63) is 52.3 Å². The predicted octanol–water partition coefficient (Wildman–Crippen LogP) is 4.56. The van der Waals surface area contributed by atoms with Gasteiger partial charge in [-0.3, -0.25) is 4.98 Å². The third kappa shape index (κ3) is 3.39.